The molecule has 39 heavy (non-hydrogen) atoms. The SMILES string of the molecule is CN(CCNC(=O)[C@H](N)CC(=O)NC(c1ccccc1)(c1ccccc1)c1ccccc1)C(=O)OC(C)(C)C. The molecule has 0 radical (unpaired) electrons. The highest BCUT2D eigenvalue weighted by atomic mass is 16.6. The lowest BCUT2D eigenvalue weighted by molar-refractivity contribution is -0.128. The monoisotopic (exact) mass is 530 g/mol. The van der Waals surface area contributed by atoms with E-state index in [9.17, 15) is 14.4 Å². The molecule has 4 N–H and O–H groups in total. The molecule has 0 aliphatic carbocycles. The third-order valence-corrected chi connectivity index (χ3v) is 6.14. The largest absolute Gasteiger partial charge is 0.444 e. The molecule has 0 aliphatic heterocycles. The summed E-state index contributed by atoms with van der Waals surface area (Å²) in [5.74, 6) is -0.854. The smallest absolute Gasteiger partial charge is 0.410 e. The van der Waals surface area contributed by atoms with Crippen molar-refractivity contribution in [2.24, 2.45) is 5.73 Å². The average molecular weight is 531 g/mol. The zero-order valence-electron chi connectivity index (χ0n) is 23.0. The van der Waals surface area contributed by atoms with Gasteiger partial charge in [-0.3, -0.25) is 9.59 Å². The van der Waals surface area contributed by atoms with Crippen molar-refractivity contribution in [2.45, 2.75) is 44.4 Å². The van der Waals surface area contributed by atoms with Crippen LogP contribution in [0.2, 0.25) is 0 Å². The molecule has 8 heteroatoms. The second-order valence-corrected chi connectivity index (χ2v) is 10.4. The predicted molar refractivity (Wildman–Crippen MR) is 152 cm³/mol. The van der Waals surface area contributed by atoms with Crippen LogP contribution in [-0.2, 0) is 19.9 Å². The number of nitrogens with two attached hydrogens (primary N) is 1. The van der Waals surface area contributed by atoms with E-state index >= 15 is 0 Å². The summed E-state index contributed by atoms with van der Waals surface area (Å²) in [6, 6.07) is 28.1. The van der Waals surface area contributed by atoms with E-state index in [2.05, 4.69) is 10.6 Å². The van der Waals surface area contributed by atoms with Crippen LogP contribution in [0.4, 0.5) is 4.79 Å². The molecule has 0 spiro atoms. The maximum Gasteiger partial charge on any atom is 0.410 e. The maximum atomic E-state index is 13.5. The summed E-state index contributed by atoms with van der Waals surface area (Å²) in [5.41, 5.74) is 7.15. The highest BCUT2D eigenvalue weighted by molar-refractivity contribution is 5.89. The highest BCUT2D eigenvalue weighted by Gasteiger charge is 2.38. The summed E-state index contributed by atoms with van der Waals surface area (Å²) < 4.78 is 5.31. The van der Waals surface area contributed by atoms with Crippen LogP contribution >= 0.6 is 0 Å². The Labute approximate surface area is 230 Å². The van der Waals surface area contributed by atoms with Gasteiger partial charge in [-0.1, -0.05) is 91.0 Å². The molecule has 0 bridgehead atoms. The van der Waals surface area contributed by atoms with Crippen LogP contribution < -0.4 is 16.4 Å². The van der Waals surface area contributed by atoms with Gasteiger partial charge >= 0.3 is 6.09 Å². The number of rotatable bonds is 10. The molecule has 3 aromatic rings. The molecule has 8 nitrogen and oxygen atoms in total. The van der Waals surface area contributed by atoms with Crippen LogP contribution in [0.3, 0.4) is 0 Å². The summed E-state index contributed by atoms with van der Waals surface area (Å²) in [4.78, 5) is 39.6. The minimum absolute atomic E-state index is 0.172. The molecule has 0 heterocycles. The molecule has 0 aliphatic rings. The number of likely N-dealkylation sites (N-methyl/N-ethyl adjacent to an activating group) is 1. The topological polar surface area (TPSA) is 114 Å². The van der Waals surface area contributed by atoms with Gasteiger partial charge in [0.05, 0.1) is 12.5 Å². The van der Waals surface area contributed by atoms with E-state index in [4.69, 9.17) is 10.5 Å². The van der Waals surface area contributed by atoms with Crippen LogP contribution in [0.1, 0.15) is 43.9 Å². The van der Waals surface area contributed by atoms with Crippen LogP contribution in [0.25, 0.3) is 0 Å². The lowest BCUT2D eigenvalue weighted by Gasteiger charge is -2.37. The van der Waals surface area contributed by atoms with Crippen LogP contribution in [0.15, 0.2) is 91.0 Å². The first-order valence-corrected chi connectivity index (χ1v) is 13.0. The van der Waals surface area contributed by atoms with Crippen molar-refractivity contribution in [3.63, 3.8) is 0 Å². The van der Waals surface area contributed by atoms with E-state index in [0.717, 1.165) is 16.7 Å². The summed E-state index contributed by atoms with van der Waals surface area (Å²) >= 11 is 0. The van der Waals surface area contributed by atoms with E-state index in [-0.39, 0.29) is 25.4 Å². The van der Waals surface area contributed by atoms with Gasteiger partial charge in [0.2, 0.25) is 11.8 Å². The highest BCUT2D eigenvalue weighted by Crippen LogP contribution is 2.36. The van der Waals surface area contributed by atoms with E-state index < -0.39 is 29.2 Å². The van der Waals surface area contributed by atoms with E-state index in [1.54, 1.807) is 27.8 Å². The molecule has 0 fully saturated rings. The van der Waals surface area contributed by atoms with Crippen molar-refractivity contribution in [3.8, 4) is 0 Å². The zero-order chi connectivity index (χ0) is 28.5. The molecule has 206 valence electrons. The van der Waals surface area contributed by atoms with E-state index in [1.807, 2.05) is 91.0 Å². The lowest BCUT2D eigenvalue weighted by atomic mass is 9.77. The summed E-state index contributed by atoms with van der Waals surface area (Å²) in [5, 5.41) is 5.91. The average Bonchev–Trinajstić information content (AvgIpc) is 2.92. The van der Waals surface area contributed by atoms with Crippen LogP contribution in [0.5, 0.6) is 0 Å². The van der Waals surface area contributed by atoms with Gasteiger partial charge in [0.15, 0.2) is 0 Å². The summed E-state index contributed by atoms with van der Waals surface area (Å²) in [7, 11) is 1.59. The van der Waals surface area contributed by atoms with E-state index in [0.29, 0.717) is 0 Å². The van der Waals surface area contributed by atoms with Gasteiger partial charge in [0, 0.05) is 20.1 Å². The molecular formula is C31H38N4O4. The number of carbonyl (C=O) groups excluding carboxylic acids is 3. The maximum absolute atomic E-state index is 13.5. The Kier molecular flexibility index (Phi) is 9.84. The molecule has 0 saturated carbocycles. The number of hydrogen-bond donors (Lipinski definition) is 3. The standard InChI is InChI=1S/C31H38N4O4/c1-30(2,3)39-29(38)35(4)21-20-33-28(37)26(32)22-27(36)34-31(23-14-8-5-9-15-23,24-16-10-6-11-17-24)25-18-12-7-13-19-25/h5-19,26H,20-22,32H2,1-4H3,(H,33,37)(H,34,36)/t26-/m1/s1. The number of nitrogens with one attached hydrogen (secondary N) is 2. The molecule has 3 rings (SSSR count). The van der Waals surface area contributed by atoms with Crippen molar-refractivity contribution in [1.82, 2.24) is 15.5 Å². The van der Waals surface area contributed by atoms with Gasteiger partial charge in [-0.2, -0.15) is 0 Å². The predicted octanol–water partition coefficient (Wildman–Crippen LogP) is 3.80. The minimum Gasteiger partial charge on any atom is -0.444 e. The summed E-state index contributed by atoms with van der Waals surface area (Å²) in [6.45, 7) is 5.76. The van der Waals surface area contributed by atoms with Crippen molar-refractivity contribution in [3.05, 3.63) is 108 Å². The van der Waals surface area contributed by atoms with Crippen molar-refractivity contribution < 1.29 is 19.1 Å². The Morgan fingerprint density at radius 1 is 0.821 bits per heavy atom. The molecule has 3 aromatic carbocycles. The van der Waals surface area contributed by atoms with Crippen LogP contribution in [-0.4, -0.2) is 54.6 Å². The Morgan fingerprint density at radius 3 is 1.67 bits per heavy atom. The summed E-state index contributed by atoms with van der Waals surface area (Å²) in [6.07, 6.45) is -0.707. The molecule has 0 unspecified atom stereocenters. The minimum atomic E-state index is -1.07. The molecule has 1 atom stereocenters. The van der Waals surface area contributed by atoms with Crippen molar-refractivity contribution >= 4 is 17.9 Å². The third-order valence-electron chi connectivity index (χ3n) is 6.14. The van der Waals surface area contributed by atoms with Gasteiger partial charge in [-0.15, -0.1) is 0 Å². The first-order valence-electron chi connectivity index (χ1n) is 13.0. The number of benzene rings is 3. The fourth-order valence-electron chi connectivity index (χ4n) is 4.24. The number of hydrogen-bond acceptors (Lipinski definition) is 5. The fourth-order valence-corrected chi connectivity index (χ4v) is 4.24. The molecular weight excluding hydrogens is 492 g/mol. The quantitative estimate of drug-likeness (QED) is 0.345. The Hall–Kier alpha value is -4.17. The normalized spacial score (nSPS) is 12.2. The molecule has 3 amide bonds. The molecule has 0 aromatic heterocycles. The number of amides is 3. The van der Waals surface area contributed by atoms with Crippen molar-refractivity contribution in [2.75, 3.05) is 20.1 Å². The Morgan fingerprint density at radius 2 is 1.26 bits per heavy atom. The number of ether oxygens (including phenoxy) is 1. The first-order chi connectivity index (χ1) is 18.5. The second-order valence-electron chi connectivity index (χ2n) is 10.4. The van der Waals surface area contributed by atoms with Gasteiger partial charge in [-0.05, 0) is 37.5 Å². The van der Waals surface area contributed by atoms with E-state index in [1.165, 1.54) is 4.90 Å². The number of nitrogens with zero attached hydrogens (tertiary/aromatic N) is 1. The van der Waals surface area contributed by atoms with Gasteiger partial charge in [0.1, 0.15) is 11.1 Å². The van der Waals surface area contributed by atoms with Gasteiger partial charge in [-0.25, -0.2) is 4.79 Å². The van der Waals surface area contributed by atoms with Crippen LogP contribution in [0, 0.1) is 0 Å². The Bertz CT molecular complexity index is 1130. The molecule has 0 saturated heterocycles. The zero-order valence-corrected chi connectivity index (χ0v) is 23.0. The third kappa shape index (κ3) is 7.91. The fraction of sp³-hybridized carbons (Fsp3) is 0.323. The van der Waals surface area contributed by atoms with Gasteiger partial charge in [0.25, 0.3) is 0 Å². The lowest BCUT2D eigenvalue weighted by Crippen LogP contribution is -2.51. The first kappa shape index (κ1) is 29.4. The second kappa shape index (κ2) is 13.1. The van der Waals surface area contributed by atoms with Crippen molar-refractivity contribution in [1.29, 1.82) is 0 Å². The number of carbonyl (C=O) groups is 3. The van der Waals surface area contributed by atoms with Gasteiger partial charge < -0.3 is 26.0 Å². The Balaban J connectivity index is 1.73.